The van der Waals surface area contributed by atoms with Crippen molar-refractivity contribution in [1.82, 2.24) is 5.32 Å². The topological polar surface area (TPSA) is 39.7 Å². The highest BCUT2D eigenvalue weighted by molar-refractivity contribution is 5.46. The summed E-state index contributed by atoms with van der Waals surface area (Å²) in [7, 11) is 3.30. The van der Waals surface area contributed by atoms with Crippen LogP contribution >= 0.6 is 0 Å². The highest BCUT2D eigenvalue weighted by Gasteiger charge is 2.10. The smallest absolute Gasteiger partial charge is 0.165 e. The fourth-order valence-corrected chi connectivity index (χ4v) is 1.73. The number of para-hydroxylation sites is 1. The van der Waals surface area contributed by atoms with Crippen molar-refractivity contribution in [3.63, 3.8) is 0 Å². The van der Waals surface area contributed by atoms with Gasteiger partial charge < -0.3 is 19.5 Å². The first kappa shape index (κ1) is 14.8. The van der Waals surface area contributed by atoms with Crippen LogP contribution in [0.15, 0.2) is 18.2 Å². The second-order valence-electron chi connectivity index (χ2n) is 4.09. The molecule has 0 aliphatic carbocycles. The lowest BCUT2D eigenvalue weighted by Crippen LogP contribution is -2.30. The second kappa shape index (κ2) is 7.95. The lowest BCUT2D eigenvalue weighted by molar-refractivity contribution is 0.127. The molecule has 0 aliphatic rings. The minimum absolute atomic E-state index is 0.306. The van der Waals surface area contributed by atoms with E-state index in [-0.39, 0.29) is 0 Å². The maximum atomic E-state index is 5.38. The van der Waals surface area contributed by atoms with Crippen LogP contribution in [0, 0.1) is 0 Å². The summed E-state index contributed by atoms with van der Waals surface area (Å²) in [5, 5.41) is 3.40. The largest absolute Gasteiger partial charge is 0.493 e. The van der Waals surface area contributed by atoms with Gasteiger partial charge in [0.15, 0.2) is 11.5 Å². The Hall–Kier alpha value is -1.26. The molecular formula is C14H23NO3. The zero-order chi connectivity index (χ0) is 13.4. The van der Waals surface area contributed by atoms with Crippen LogP contribution in [0.25, 0.3) is 0 Å². The van der Waals surface area contributed by atoms with Gasteiger partial charge in [0, 0.05) is 24.8 Å². The number of benzene rings is 1. The van der Waals surface area contributed by atoms with Gasteiger partial charge in [0.25, 0.3) is 0 Å². The second-order valence-corrected chi connectivity index (χ2v) is 4.09. The zero-order valence-corrected chi connectivity index (χ0v) is 11.7. The van der Waals surface area contributed by atoms with E-state index in [1.165, 1.54) is 0 Å². The molecular weight excluding hydrogens is 230 g/mol. The normalized spacial score (nSPS) is 12.2. The first-order valence-electron chi connectivity index (χ1n) is 6.23. The summed E-state index contributed by atoms with van der Waals surface area (Å²) in [6.07, 6.45) is 0. The van der Waals surface area contributed by atoms with Crippen molar-refractivity contribution in [2.75, 3.05) is 27.4 Å². The monoisotopic (exact) mass is 253 g/mol. The Bertz CT molecular complexity index is 355. The lowest BCUT2D eigenvalue weighted by atomic mass is 10.1. The molecule has 0 aromatic heterocycles. The maximum absolute atomic E-state index is 5.38. The minimum Gasteiger partial charge on any atom is -0.493 e. The Kier molecular flexibility index (Phi) is 6.54. The summed E-state index contributed by atoms with van der Waals surface area (Å²) < 4.78 is 16.0. The van der Waals surface area contributed by atoms with Crippen LogP contribution in [0.5, 0.6) is 11.5 Å². The molecule has 1 aromatic rings. The zero-order valence-electron chi connectivity index (χ0n) is 11.7. The van der Waals surface area contributed by atoms with Crippen LogP contribution < -0.4 is 14.8 Å². The van der Waals surface area contributed by atoms with E-state index in [2.05, 4.69) is 12.2 Å². The molecule has 0 radical (unpaired) electrons. The Morgan fingerprint density at radius 3 is 2.61 bits per heavy atom. The Morgan fingerprint density at radius 2 is 2.00 bits per heavy atom. The molecule has 4 nitrogen and oxygen atoms in total. The molecule has 0 saturated heterocycles. The van der Waals surface area contributed by atoms with Crippen LogP contribution in [-0.2, 0) is 11.3 Å². The molecule has 1 unspecified atom stereocenters. The third-order valence-electron chi connectivity index (χ3n) is 2.70. The average Bonchev–Trinajstić information content (AvgIpc) is 2.41. The third-order valence-corrected chi connectivity index (χ3v) is 2.70. The van der Waals surface area contributed by atoms with Gasteiger partial charge >= 0.3 is 0 Å². The van der Waals surface area contributed by atoms with Crippen LogP contribution in [0.4, 0.5) is 0 Å². The first-order valence-corrected chi connectivity index (χ1v) is 6.23. The van der Waals surface area contributed by atoms with Gasteiger partial charge in [-0.2, -0.15) is 0 Å². The Labute approximate surface area is 109 Å². The molecule has 102 valence electrons. The van der Waals surface area contributed by atoms with Crippen molar-refractivity contribution < 1.29 is 14.2 Å². The van der Waals surface area contributed by atoms with Gasteiger partial charge in [-0.25, -0.2) is 0 Å². The Morgan fingerprint density at radius 1 is 1.22 bits per heavy atom. The van der Waals surface area contributed by atoms with Gasteiger partial charge in [0.1, 0.15) is 0 Å². The molecule has 18 heavy (non-hydrogen) atoms. The lowest BCUT2D eigenvalue weighted by Gasteiger charge is -2.16. The number of methoxy groups -OCH3 is 2. The number of rotatable bonds is 8. The molecule has 0 amide bonds. The summed E-state index contributed by atoms with van der Waals surface area (Å²) in [5.74, 6) is 1.55. The summed E-state index contributed by atoms with van der Waals surface area (Å²) in [6.45, 7) is 6.28. The molecule has 0 heterocycles. The predicted octanol–water partition coefficient (Wildman–Crippen LogP) is 2.22. The van der Waals surface area contributed by atoms with E-state index in [0.717, 1.165) is 30.2 Å². The van der Waals surface area contributed by atoms with Gasteiger partial charge in [0.2, 0.25) is 0 Å². The average molecular weight is 253 g/mol. The highest BCUT2D eigenvalue weighted by atomic mass is 16.5. The van der Waals surface area contributed by atoms with Crippen molar-refractivity contribution in [2.24, 2.45) is 0 Å². The van der Waals surface area contributed by atoms with E-state index in [1.807, 2.05) is 25.1 Å². The Balaban J connectivity index is 2.61. The fourth-order valence-electron chi connectivity index (χ4n) is 1.73. The van der Waals surface area contributed by atoms with Gasteiger partial charge in [-0.3, -0.25) is 0 Å². The number of hydrogen-bond acceptors (Lipinski definition) is 4. The minimum atomic E-state index is 0.306. The third kappa shape index (κ3) is 4.20. The summed E-state index contributed by atoms with van der Waals surface area (Å²) in [4.78, 5) is 0. The van der Waals surface area contributed by atoms with E-state index < -0.39 is 0 Å². The molecule has 0 fully saturated rings. The molecule has 1 atom stereocenters. The van der Waals surface area contributed by atoms with Gasteiger partial charge in [-0.05, 0) is 19.9 Å². The molecule has 0 spiro atoms. The molecule has 0 aliphatic heterocycles. The quantitative estimate of drug-likeness (QED) is 0.771. The van der Waals surface area contributed by atoms with Gasteiger partial charge in [0.05, 0.1) is 20.8 Å². The molecule has 4 heteroatoms. The number of hydrogen-bond donors (Lipinski definition) is 1. The van der Waals surface area contributed by atoms with Crippen molar-refractivity contribution in [1.29, 1.82) is 0 Å². The fraction of sp³-hybridized carbons (Fsp3) is 0.571. The summed E-state index contributed by atoms with van der Waals surface area (Å²) in [6, 6.07) is 6.19. The van der Waals surface area contributed by atoms with E-state index in [1.54, 1.807) is 14.2 Å². The maximum Gasteiger partial charge on any atom is 0.165 e. The number of nitrogens with one attached hydrogen (secondary N) is 1. The first-order chi connectivity index (χ1) is 8.72. The predicted molar refractivity (Wildman–Crippen MR) is 72.3 cm³/mol. The van der Waals surface area contributed by atoms with Crippen molar-refractivity contribution in [3.05, 3.63) is 23.8 Å². The van der Waals surface area contributed by atoms with Crippen molar-refractivity contribution in [2.45, 2.75) is 26.4 Å². The summed E-state index contributed by atoms with van der Waals surface area (Å²) >= 11 is 0. The highest BCUT2D eigenvalue weighted by Crippen LogP contribution is 2.30. The molecule has 1 aromatic carbocycles. The van der Waals surface area contributed by atoms with E-state index in [0.29, 0.717) is 12.6 Å². The van der Waals surface area contributed by atoms with E-state index >= 15 is 0 Å². The molecule has 0 saturated carbocycles. The SMILES string of the molecule is CCOCC(C)NCc1cccc(OC)c1OC. The van der Waals surface area contributed by atoms with Crippen LogP contribution in [-0.4, -0.2) is 33.5 Å². The van der Waals surface area contributed by atoms with E-state index in [9.17, 15) is 0 Å². The van der Waals surface area contributed by atoms with Crippen molar-refractivity contribution >= 4 is 0 Å². The molecule has 1 N–H and O–H groups in total. The van der Waals surface area contributed by atoms with Crippen LogP contribution in [0.2, 0.25) is 0 Å². The van der Waals surface area contributed by atoms with Crippen LogP contribution in [0.3, 0.4) is 0 Å². The van der Waals surface area contributed by atoms with Crippen LogP contribution in [0.1, 0.15) is 19.4 Å². The standard InChI is InChI=1S/C14H23NO3/c1-5-18-10-11(2)15-9-12-7-6-8-13(16-3)14(12)17-4/h6-8,11,15H,5,9-10H2,1-4H3. The van der Waals surface area contributed by atoms with Gasteiger partial charge in [-0.15, -0.1) is 0 Å². The van der Waals surface area contributed by atoms with E-state index in [4.69, 9.17) is 14.2 Å². The molecule has 1 rings (SSSR count). The number of ether oxygens (including phenoxy) is 3. The summed E-state index contributed by atoms with van der Waals surface area (Å²) in [5.41, 5.74) is 1.08. The van der Waals surface area contributed by atoms with Crippen molar-refractivity contribution in [3.8, 4) is 11.5 Å². The molecule has 0 bridgehead atoms. The van der Waals surface area contributed by atoms with Gasteiger partial charge in [-0.1, -0.05) is 12.1 Å².